The molecule has 16 heteroatoms. The molecule has 2 N–H and O–H groups in total. The molecule has 12 nitrogen and oxygen atoms in total. The second-order valence-electron chi connectivity index (χ2n) is 12.1. The molecule has 0 aromatic heterocycles. The first-order chi connectivity index (χ1) is 25.7. The van der Waals surface area contributed by atoms with Crippen LogP contribution >= 0.6 is 11.6 Å². The number of amides is 2. The van der Waals surface area contributed by atoms with Crippen molar-refractivity contribution >= 4 is 41.0 Å². The Balaban J connectivity index is 1.31. The highest BCUT2D eigenvalue weighted by molar-refractivity contribution is 6.31. The second-order valence-corrected chi connectivity index (χ2v) is 12.5. The smallest absolute Gasteiger partial charge is 0.379 e. The minimum atomic E-state index is -4.65. The molecule has 1 aliphatic rings. The van der Waals surface area contributed by atoms with Crippen LogP contribution in [0, 0.1) is 0 Å². The zero-order chi connectivity index (χ0) is 37.9. The van der Waals surface area contributed by atoms with Crippen molar-refractivity contribution in [1.82, 2.24) is 5.43 Å². The van der Waals surface area contributed by atoms with Crippen molar-refractivity contribution in [2.75, 3.05) is 69.5 Å². The number of alkyl halides is 3. The minimum absolute atomic E-state index is 0.0921. The molecule has 4 rings (SSSR count). The third-order valence-electron chi connectivity index (χ3n) is 8.23. The van der Waals surface area contributed by atoms with Gasteiger partial charge in [-0.3, -0.25) is 9.59 Å². The van der Waals surface area contributed by atoms with Crippen LogP contribution in [0.25, 0.3) is 10.4 Å². The molecule has 0 radical (unpaired) electrons. The first kappa shape index (κ1) is 41.1. The number of hydrogen-bond acceptors (Lipinski definition) is 8. The van der Waals surface area contributed by atoms with E-state index in [0.29, 0.717) is 51.7 Å². The molecule has 0 aliphatic carbocycles. The van der Waals surface area contributed by atoms with Crippen molar-refractivity contribution in [2.45, 2.75) is 44.7 Å². The fraction of sp³-hybridized carbons (Fsp3) is 0.432. The topological polar surface area (TPSA) is 150 Å². The Kier molecular flexibility index (Phi) is 16.9. The largest absolute Gasteiger partial charge is 0.417 e. The van der Waals surface area contributed by atoms with Crippen molar-refractivity contribution in [1.29, 1.82) is 0 Å². The van der Waals surface area contributed by atoms with Crippen molar-refractivity contribution in [2.24, 2.45) is 10.2 Å². The van der Waals surface area contributed by atoms with Crippen LogP contribution in [0.5, 0.6) is 0 Å². The first-order valence-electron chi connectivity index (χ1n) is 17.4. The Labute approximate surface area is 311 Å². The molecule has 284 valence electrons. The normalized spacial score (nSPS) is 13.2. The summed E-state index contributed by atoms with van der Waals surface area (Å²) in [6.07, 6.45) is 2.02. The summed E-state index contributed by atoms with van der Waals surface area (Å²) in [5, 5.41) is 9.69. The van der Waals surface area contributed by atoms with Gasteiger partial charge in [-0.2, -0.15) is 18.3 Å². The summed E-state index contributed by atoms with van der Waals surface area (Å²) in [5.41, 5.74) is 12.3. The molecular weight excluding hydrogens is 715 g/mol. The standard InChI is InChI=1S/C37H43ClF3N7O5/c38-33-12-10-28(24-32(33)37(39,40)41)26-44-46-36(50)31-25-30(48-15-3-1-4-16-48)11-13-34(31)45-35(49)29-9-6-8-27(23-29)7-2-5-17-51-19-21-53-22-20-52-18-14-43-47-42/h6,8-13,23-26H,1-5,7,14-22H2,(H,45,49)(H,46,50)/b44-26+. The maximum atomic E-state index is 13.4. The highest BCUT2D eigenvalue weighted by Crippen LogP contribution is 2.35. The maximum Gasteiger partial charge on any atom is 0.417 e. The van der Waals surface area contributed by atoms with E-state index in [1.807, 2.05) is 18.2 Å². The number of hydrazone groups is 1. The number of rotatable bonds is 20. The van der Waals surface area contributed by atoms with Gasteiger partial charge in [0.25, 0.3) is 11.8 Å². The molecule has 2 amide bonds. The number of azide groups is 1. The van der Waals surface area contributed by atoms with Gasteiger partial charge in [-0.15, -0.1) is 0 Å². The SMILES string of the molecule is [N-]=[N+]=NCCOCCOCCOCCCCc1cccc(C(=O)Nc2ccc(N3CCCCC3)cc2C(=O)N/N=C/c2ccc(Cl)c(C(F)(F)F)c2)c1. The maximum absolute atomic E-state index is 13.4. The molecule has 3 aromatic carbocycles. The van der Waals surface area contributed by atoms with Gasteiger partial charge in [-0.05, 0) is 97.6 Å². The number of carbonyl (C=O) groups excluding carboxylic acids is 2. The zero-order valence-corrected chi connectivity index (χ0v) is 30.0. The number of hydrogen-bond donors (Lipinski definition) is 2. The Morgan fingerprint density at radius 2 is 1.62 bits per heavy atom. The fourth-order valence-corrected chi connectivity index (χ4v) is 5.76. The van der Waals surface area contributed by atoms with Gasteiger partial charge < -0.3 is 24.4 Å². The van der Waals surface area contributed by atoms with Gasteiger partial charge in [0.2, 0.25) is 0 Å². The molecule has 1 saturated heterocycles. The van der Waals surface area contributed by atoms with Crippen LogP contribution in [0.4, 0.5) is 24.5 Å². The predicted molar refractivity (Wildman–Crippen MR) is 198 cm³/mol. The summed E-state index contributed by atoms with van der Waals surface area (Å²) < 4.78 is 56.2. The number of anilines is 2. The fourth-order valence-electron chi connectivity index (χ4n) is 5.53. The zero-order valence-electron chi connectivity index (χ0n) is 29.2. The van der Waals surface area contributed by atoms with Crippen LogP contribution in [0.3, 0.4) is 0 Å². The van der Waals surface area contributed by atoms with Crippen LogP contribution in [0.15, 0.2) is 70.9 Å². The van der Waals surface area contributed by atoms with Gasteiger partial charge >= 0.3 is 6.18 Å². The Morgan fingerprint density at radius 1 is 0.887 bits per heavy atom. The molecule has 0 unspecified atom stereocenters. The molecule has 0 bridgehead atoms. The van der Waals surface area contributed by atoms with E-state index < -0.39 is 28.6 Å². The molecule has 1 fully saturated rings. The number of ether oxygens (including phenoxy) is 3. The van der Waals surface area contributed by atoms with E-state index in [9.17, 15) is 22.8 Å². The van der Waals surface area contributed by atoms with E-state index in [-0.39, 0.29) is 16.8 Å². The van der Waals surface area contributed by atoms with Crippen LogP contribution in [-0.2, 0) is 26.8 Å². The molecule has 3 aromatic rings. The number of benzene rings is 3. The monoisotopic (exact) mass is 757 g/mol. The lowest BCUT2D eigenvalue weighted by atomic mass is 10.0. The van der Waals surface area contributed by atoms with Gasteiger partial charge in [-0.1, -0.05) is 34.9 Å². The van der Waals surface area contributed by atoms with Crippen molar-refractivity contribution in [3.05, 3.63) is 104 Å². The van der Waals surface area contributed by atoms with Gasteiger partial charge in [0.05, 0.1) is 61.1 Å². The van der Waals surface area contributed by atoms with E-state index in [1.54, 1.807) is 24.3 Å². The number of unbranched alkanes of at least 4 members (excludes halogenated alkanes) is 1. The number of carbonyl (C=O) groups is 2. The molecule has 1 heterocycles. The van der Waals surface area contributed by atoms with Crippen LogP contribution in [0.1, 0.15) is 69.5 Å². The Morgan fingerprint density at radius 3 is 2.36 bits per heavy atom. The van der Waals surface area contributed by atoms with E-state index in [1.165, 1.54) is 6.07 Å². The number of aryl methyl sites for hydroxylation is 1. The van der Waals surface area contributed by atoms with Gasteiger partial charge in [0.15, 0.2) is 0 Å². The van der Waals surface area contributed by atoms with Crippen molar-refractivity contribution in [3.8, 4) is 0 Å². The van der Waals surface area contributed by atoms with E-state index >= 15 is 0 Å². The molecule has 0 saturated carbocycles. The van der Waals surface area contributed by atoms with Crippen molar-refractivity contribution in [3.63, 3.8) is 0 Å². The first-order valence-corrected chi connectivity index (χ1v) is 17.8. The van der Waals surface area contributed by atoms with Gasteiger partial charge in [-0.25, -0.2) is 5.43 Å². The van der Waals surface area contributed by atoms with Crippen LogP contribution in [0.2, 0.25) is 5.02 Å². The molecule has 53 heavy (non-hydrogen) atoms. The van der Waals surface area contributed by atoms with Crippen molar-refractivity contribution < 1.29 is 37.0 Å². The van der Waals surface area contributed by atoms with Crippen LogP contribution < -0.4 is 15.6 Å². The third kappa shape index (κ3) is 14.0. The number of piperidine rings is 1. The predicted octanol–water partition coefficient (Wildman–Crippen LogP) is 8.05. The lowest BCUT2D eigenvalue weighted by Gasteiger charge is -2.29. The summed E-state index contributed by atoms with van der Waals surface area (Å²) >= 11 is 5.72. The highest BCUT2D eigenvalue weighted by atomic mass is 35.5. The third-order valence-corrected chi connectivity index (χ3v) is 8.56. The van der Waals surface area contributed by atoms with E-state index in [4.69, 9.17) is 31.3 Å². The molecule has 0 atom stereocenters. The second kappa shape index (κ2) is 21.8. The summed E-state index contributed by atoms with van der Waals surface area (Å²) in [4.78, 5) is 31.7. The summed E-state index contributed by atoms with van der Waals surface area (Å²) in [6, 6.07) is 15.8. The number of nitrogens with zero attached hydrogens (tertiary/aromatic N) is 5. The quantitative estimate of drug-likeness (QED) is 0.0297. The highest BCUT2D eigenvalue weighted by Gasteiger charge is 2.33. The molecule has 0 spiro atoms. The van der Waals surface area contributed by atoms with E-state index in [2.05, 4.69) is 30.8 Å². The molecular formula is C37H43ClF3N7O5. The summed E-state index contributed by atoms with van der Waals surface area (Å²) in [5.74, 6) is -1.05. The minimum Gasteiger partial charge on any atom is -0.379 e. The Bertz CT molecular complexity index is 1730. The average Bonchev–Trinajstić information content (AvgIpc) is 3.15. The lowest BCUT2D eigenvalue weighted by Crippen LogP contribution is -2.30. The lowest BCUT2D eigenvalue weighted by molar-refractivity contribution is -0.137. The number of nitrogens with one attached hydrogen (secondary N) is 2. The van der Waals surface area contributed by atoms with Gasteiger partial charge in [0.1, 0.15) is 0 Å². The van der Waals surface area contributed by atoms with E-state index in [0.717, 1.165) is 81.2 Å². The Hall–Kier alpha value is -4.66. The van der Waals surface area contributed by atoms with Gasteiger partial charge in [0, 0.05) is 42.4 Å². The summed E-state index contributed by atoms with van der Waals surface area (Å²) in [6.45, 7) is 4.64. The molecule has 1 aliphatic heterocycles. The summed E-state index contributed by atoms with van der Waals surface area (Å²) in [7, 11) is 0. The number of halogens is 4. The average molecular weight is 758 g/mol. The van der Waals surface area contributed by atoms with Crippen LogP contribution in [-0.4, -0.2) is 77.3 Å².